The number of hydrogen-bond acceptors (Lipinski definition) is 3. The predicted molar refractivity (Wildman–Crippen MR) is 90.2 cm³/mol. The summed E-state index contributed by atoms with van der Waals surface area (Å²) in [7, 11) is 3.44. The van der Waals surface area contributed by atoms with Crippen molar-refractivity contribution in [3.63, 3.8) is 0 Å². The van der Waals surface area contributed by atoms with Gasteiger partial charge in [-0.3, -0.25) is 0 Å². The van der Waals surface area contributed by atoms with Crippen molar-refractivity contribution in [1.29, 1.82) is 0 Å². The lowest BCUT2D eigenvalue weighted by molar-refractivity contribution is 0.294. The molecular formula is C17H26BrNO2. The van der Waals surface area contributed by atoms with E-state index in [2.05, 4.69) is 41.2 Å². The lowest BCUT2D eigenvalue weighted by Gasteiger charge is -2.30. The van der Waals surface area contributed by atoms with Gasteiger partial charge in [-0.05, 0) is 52.9 Å². The minimum absolute atomic E-state index is 0.324. The summed E-state index contributed by atoms with van der Waals surface area (Å²) >= 11 is 3.54. The van der Waals surface area contributed by atoms with E-state index in [4.69, 9.17) is 9.47 Å². The molecule has 0 spiro atoms. The Hall–Kier alpha value is -0.740. The van der Waals surface area contributed by atoms with E-state index in [1.54, 1.807) is 14.2 Å². The van der Waals surface area contributed by atoms with E-state index >= 15 is 0 Å². The van der Waals surface area contributed by atoms with E-state index in [9.17, 15) is 0 Å². The quantitative estimate of drug-likeness (QED) is 0.811. The van der Waals surface area contributed by atoms with Gasteiger partial charge in [0, 0.05) is 11.6 Å². The Balaban J connectivity index is 2.43. The van der Waals surface area contributed by atoms with Gasteiger partial charge < -0.3 is 14.8 Å². The normalized spacial score (nSPS) is 23.1. The fourth-order valence-electron chi connectivity index (χ4n) is 3.51. The van der Waals surface area contributed by atoms with E-state index in [1.807, 2.05) is 6.07 Å². The summed E-state index contributed by atoms with van der Waals surface area (Å²) in [6, 6.07) is 4.45. The largest absolute Gasteiger partial charge is 0.496 e. The molecule has 0 radical (unpaired) electrons. The molecule has 1 aromatic rings. The second-order valence-corrected chi connectivity index (χ2v) is 6.69. The van der Waals surface area contributed by atoms with Crippen LogP contribution in [0.2, 0.25) is 0 Å². The lowest BCUT2D eigenvalue weighted by atomic mass is 9.85. The van der Waals surface area contributed by atoms with Crippen LogP contribution >= 0.6 is 15.9 Å². The third kappa shape index (κ3) is 3.54. The topological polar surface area (TPSA) is 30.5 Å². The average molecular weight is 356 g/mol. The van der Waals surface area contributed by atoms with E-state index in [0.29, 0.717) is 12.0 Å². The van der Waals surface area contributed by atoms with Crippen molar-refractivity contribution >= 4 is 15.9 Å². The highest BCUT2D eigenvalue weighted by Crippen LogP contribution is 2.44. The van der Waals surface area contributed by atoms with Gasteiger partial charge in [0.2, 0.25) is 0 Å². The Morgan fingerprint density at radius 3 is 2.48 bits per heavy atom. The Morgan fingerprint density at radius 1 is 1.24 bits per heavy atom. The van der Waals surface area contributed by atoms with Crippen LogP contribution in [0, 0.1) is 11.8 Å². The highest BCUT2D eigenvalue weighted by molar-refractivity contribution is 9.10. The molecule has 4 heteroatoms. The van der Waals surface area contributed by atoms with Crippen molar-refractivity contribution in [2.75, 3.05) is 20.8 Å². The standard InChI is InChI=1S/C17H26BrNO2/c1-5-19-17(12-8-6-7-11(12)2)13-9-16(21-4)14(18)10-15(13)20-3/h9-12,17,19H,5-8H2,1-4H3. The zero-order valence-electron chi connectivity index (χ0n) is 13.4. The molecule has 0 heterocycles. The predicted octanol–water partition coefficient (Wildman–Crippen LogP) is 4.55. The highest BCUT2D eigenvalue weighted by atomic mass is 79.9. The molecule has 1 aliphatic rings. The van der Waals surface area contributed by atoms with Crippen molar-refractivity contribution < 1.29 is 9.47 Å². The molecule has 1 aliphatic carbocycles. The third-order valence-corrected chi connectivity index (χ3v) is 5.24. The van der Waals surface area contributed by atoms with Crippen LogP contribution in [0.25, 0.3) is 0 Å². The summed E-state index contributed by atoms with van der Waals surface area (Å²) in [6.45, 7) is 5.48. The molecule has 3 atom stereocenters. The molecule has 21 heavy (non-hydrogen) atoms. The first-order chi connectivity index (χ1) is 10.1. The van der Waals surface area contributed by atoms with Gasteiger partial charge in [-0.1, -0.05) is 26.7 Å². The molecule has 1 aromatic carbocycles. The van der Waals surface area contributed by atoms with Crippen LogP contribution in [0.4, 0.5) is 0 Å². The summed E-state index contributed by atoms with van der Waals surface area (Å²) in [4.78, 5) is 0. The molecule has 0 bridgehead atoms. The summed E-state index contributed by atoms with van der Waals surface area (Å²) in [5.74, 6) is 3.19. The zero-order valence-corrected chi connectivity index (χ0v) is 15.0. The summed E-state index contributed by atoms with van der Waals surface area (Å²) < 4.78 is 12.0. The molecule has 0 saturated heterocycles. The van der Waals surface area contributed by atoms with Crippen LogP contribution in [0.3, 0.4) is 0 Å². The van der Waals surface area contributed by atoms with E-state index < -0.39 is 0 Å². The van der Waals surface area contributed by atoms with Gasteiger partial charge in [-0.25, -0.2) is 0 Å². The molecule has 1 N–H and O–H groups in total. The Bertz CT molecular complexity index is 478. The van der Waals surface area contributed by atoms with Crippen molar-refractivity contribution in [1.82, 2.24) is 5.32 Å². The number of benzene rings is 1. The number of hydrogen-bond donors (Lipinski definition) is 1. The smallest absolute Gasteiger partial charge is 0.133 e. The van der Waals surface area contributed by atoms with Crippen molar-refractivity contribution in [3.05, 3.63) is 22.2 Å². The van der Waals surface area contributed by atoms with Crippen LogP contribution in [-0.2, 0) is 0 Å². The first kappa shape index (κ1) is 16.6. The minimum atomic E-state index is 0.324. The zero-order chi connectivity index (χ0) is 15.4. The molecule has 3 nitrogen and oxygen atoms in total. The van der Waals surface area contributed by atoms with Gasteiger partial charge in [-0.15, -0.1) is 0 Å². The third-order valence-electron chi connectivity index (χ3n) is 4.62. The summed E-state index contributed by atoms with van der Waals surface area (Å²) in [5, 5.41) is 3.67. The molecular weight excluding hydrogens is 330 g/mol. The van der Waals surface area contributed by atoms with Gasteiger partial charge >= 0.3 is 0 Å². The summed E-state index contributed by atoms with van der Waals surface area (Å²) in [6.07, 6.45) is 3.92. The fourth-order valence-corrected chi connectivity index (χ4v) is 3.99. The van der Waals surface area contributed by atoms with E-state index in [1.165, 1.54) is 24.8 Å². The Kier molecular flexibility index (Phi) is 5.94. The van der Waals surface area contributed by atoms with Gasteiger partial charge in [-0.2, -0.15) is 0 Å². The van der Waals surface area contributed by atoms with Crippen LogP contribution in [0.1, 0.15) is 44.7 Å². The number of methoxy groups -OCH3 is 2. The number of ether oxygens (including phenoxy) is 2. The molecule has 3 unspecified atom stereocenters. The fraction of sp³-hybridized carbons (Fsp3) is 0.647. The maximum absolute atomic E-state index is 5.62. The van der Waals surface area contributed by atoms with Gasteiger partial charge in [0.15, 0.2) is 0 Å². The van der Waals surface area contributed by atoms with Gasteiger partial charge in [0.05, 0.1) is 18.7 Å². The highest BCUT2D eigenvalue weighted by Gasteiger charge is 2.33. The maximum Gasteiger partial charge on any atom is 0.133 e. The van der Waals surface area contributed by atoms with E-state index in [0.717, 1.165) is 28.4 Å². The molecule has 1 saturated carbocycles. The number of halogens is 1. The van der Waals surface area contributed by atoms with Crippen LogP contribution in [-0.4, -0.2) is 20.8 Å². The SMILES string of the molecule is CCNC(c1cc(OC)c(Br)cc1OC)C1CCCC1C. The Morgan fingerprint density at radius 2 is 1.95 bits per heavy atom. The van der Waals surface area contributed by atoms with Crippen molar-refractivity contribution in [2.24, 2.45) is 11.8 Å². The van der Waals surface area contributed by atoms with Gasteiger partial charge in [0.1, 0.15) is 11.5 Å². The van der Waals surface area contributed by atoms with Crippen molar-refractivity contribution in [3.8, 4) is 11.5 Å². The summed E-state index contributed by atoms with van der Waals surface area (Å²) in [5.41, 5.74) is 1.21. The molecule has 2 rings (SSSR count). The van der Waals surface area contributed by atoms with E-state index in [-0.39, 0.29) is 0 Å². The molecule has 118 valence electrons. The van der Waals surface area contributed by atoms with Gasteiger partial charge in [0.25, 0.3) is 0 Å². The van der Waals surface area contributed by atoms with Crippen LogP contribution in [0.15, 0.2) is 16.6 Å². The molecule has 1 fully saturated rings. The number of rotatable bonds is 6. The van der Waals surface area contributed by atoms with Crippen LogP contribution in [0.5, 0.6) is 11.5 Å². The van der Waals surface area contributed by atoms with Crippen LogP contribution < -0.4 is 14.8 Å². The first-order valence-corrected chi connectivity index (χ1v) is 8.56. The molecule has 0 aliphatic heterocycles. The maximum atomic E-state index is 5.62. The minimum Gasteiger partial charge on any atom is -0.496 e. The molecule has 0 aromatic heterocycles. The lowest BCUT2D eigenvalue weighted by Crippen LogP contribution is -2.30. The second-order valence-electron chi connectivity index (χ2n) is 5.84. The average Bonchev–Trinajstić information content (AvgIpc) is 2.90. The second kappa shape index (κ2) is 7.50. The number of nitrogens with one attached hydrogen (secondary N) is 1. The van der Waals surface area contributed by atoms with Crippen molar-refractivity contribution in [2.45, 2.75) is 39.2 Å². The molecule has 0 amide bonds. The monoisotopic (exact) mass is 355 g/mol. The Labute approximate surface area is 136 Å². The first-order valence-electron chi connectivity index (χ1n) is 7.77.